The minimum absolute atomic E-state index is 0.167. The maximum absolute atomic E-state index is 8.71. The van der Waals surface area contributed by atoms with Gasteiger partial charge >= 0.3 is 0 Å². The average Bonchev–Trinajstić information content (AvgIpc) is 2.37. The van der Waals surface area contributed by atoms with Crippen LogP contribution in [0.4, 0.5) is 0 Å². The highest BCUT2D eigenvalue weighted by molar-refractivity contribution is 7.99. The van der Waals surface area contributed by atoms with E-state index in [1.54, 1.807) is 0 Å². The molecular formula is C16H27NOS. The standard InChI is InChI=1S/C16H27NOS/c1-16(2,3)17-13-14-7-9-15(10-8-14)19-12-6-4-5-11-18/h7-10,17-18H,4-6,11-13H2,1-3H3. The minimum atomic E-state index is 0.167. The van der Waals surface area contributed by atoms with Crippen LogP contribution in [-0.2, 0) is 6.54 Å². The van der Waals surface area contributed by atoms with Crippen LogP contribution in [-0.4, -0.2) is 23.0 Å². The number of hydrogen-bond acceptors (Lipinski definition) is 3. The number of benzene rings is 1. The van der Waals surface area contributed by atoms with Gasteiger partial charge in [0.25, 0.3) is 0 Å². The first-order chi connectivity index (χ1) is 9.01. The lowest BCUT2D eigenvalue weighted by atomic mass is 10.1. The van der Waals surface area contributed by atoms with Crippen molar-refractivity contribution < 1.29 is 5.11 Å². The quantitative estimate of drug-likeness (QED) is 0.561. The van der Waals surface area contributed by atoms with E-state index in [1.807, 2.05) is 11.8 Å². The summed E-state index contributed by atoms with van der Waals surface area (Å²) in [4.78, 5) is 1.34. The molecule has 19 heavy (non-hydrogen) atoms. The van der Waals surface area contributed by atoms with Crippen molar-refractivity contribution in [2.24, 2.45) is 0 Å². The molecular weight excluding hydrogens is 254 g/mol. The van der Waals surface area contributed by atoms with E-state index in [4.69, 9.17) is 5.11 Å². The number of unbranched alkanes of at least 4 members (excludes halogenated alkanes) is 2. The molecule has 2 nitrogen and oxygen atoms in total. The predicted molar refractivity (Wildman–Crippen MR) is 84.7 cm³/mol. The van der Waals surface area contributed by atoms with Crippen LogP contribution in [0.15, 0.2) is 29.2 Å². The SMILES string of the molecule is CC(C)(C)NCc1ccc(SCCCCCO)cc1. The Morgan fingerprint density at radius 3 is 2.32 bits per heavy atom. The van der Waals surface area contributed by atoms with Gasteiger partial charge in [0.1, 0.15) is 0 Å². The monoisotopic (exact) mass is 281 g/mol. The topological polar surface area (TPSA) is 32.3 Å². The summed E-state index contributed by atoms with van der Waals surface area (Å²) in [7, 11) is 0. The summed E-state index contributed by atoms with van der Waals surface area (Å²) in [6.07, 6.45) is 3.23. The van der Waals surface area contributed by atoms with E-state index in [-0.39, 0.29) is 5.54 Å². The Bertz CT molecular complexity index is 343. The van der Waals surface area contributed by atoms with Crippen LogP contribution in [0.25, 0.3) is 0 Å². The number of aliphatic hydroxyl groups is 1. The van der Waals surface area contributed by atoms with E-state index >= 15 is 0 Å². The van der Waals surface area contributed by atoms with Gasteiger partial charge in [0.2, 0.25) is 0 Å². The third-order valence-corrected chi connectivity index (χ3v) is 3.92. The molecule has 0 atom stereocenters. The van der Waals surface area contributed by atoms with Crippen LogP contribution in [0.1, 0.15) is 45.6 Å². The Labute approximate surface area is 122 Å². The van der Waals surface area contributed by atoms with Gasteiger partial charge in [-0.1, -0.05) is 18.6 Å². The molecule has 0 fully saturated rings. The number of aliphatic hydroxyl groups excluding tert-OH is 1. The summed E-state index contributed by atoms with van der Waals surface area (Å²) in [5, 5.41) is 12.2. The van der Waals surface area contributed by atoms with Crippen LogP contribution in [0.3, 0.4) is 0 Å². The first-order valence-electron chi connectivity index (χ1n) is 7.09. The Balaban J connectivity index is 2.27. The lowest BCUT2D eigenvalue weighted by Crippen LogP contribution is -2.35. The largest absolute Gasteiger partial charge is 0.396 e. The van der Waals surface area contributed by atoms with Gasteiger partial charge in [-0.3, -0.25) is 0 Å². The van der Waals surface area contributed by atoms with Crippen molar-refractivity contribution in [3.63, 3.8) is 0 Å². The molecule has 1 rings (SSSR count). The Morgan fingerprint density at radius 1 is 1.05 bits per heavy atom. The van der Waals surface area contributed by atoms with Crippen LogP contribution in [0.5, 0.6) is 0 Å². The molecule has 0 heterocycles. The molecule has 0 spiro atoms. The fraction of sp³-hybridized carbons (Fsp3) is 0.625. The van der Waals surface area contributed by atoms with Gasteiger partial charge in [-0.15, -0.1) is 11.8 Å². The highest BCUT2D eigenvalue weighted by Crippen LogP contribution is 2.20. The number of thioether (sulfide) groups is 1. The second-order valence-electron chi connectivity index (χ2n) is 5.88. The maximum Gasteiger partial charge on any atom is 0.0431 e. The third kappa shape index (κ3) is 8.30. The van der Waals surface area contributed by atoms with Crippen molar-refractivity contribution in [1.82, 2.24) is 5.32 Å². The van der Waals surface area contributed by atoms with E-state index in [1.165, 1.54) is 16.9 Å². The lowest BCUT2D eigenvalue weighted by Gasteiger charge is -2.20. The molecule has 0 radical (unpaired) electrons. The second-order valence-corrected chi connectivity index (χ2v) is 7.05. The Hall–Kier alpha value is -0.510. The van der Waals surface area contributed by atoms with Crippen molar-refractivity contribution in [2.75, 3.05) is 12.4 Å². The zero-order chi connectivity index (χ0) is 14.1. The van der Waals surface area contributed by atoms with E-state index in [0.717, 1.165) is 25.1 Å². The molecule has 0 unspecified atom stereocenters. The first-order valence-corrected chi connectivity index (χ1v) is 8.07. The van der Waals surface area contributed by atoms with E-state index in [2.05, 4.69) is 50.4 Å². The summed E-state index contributed by atoms with van der Waals surface area (Å²) in [5.41, 5.74) is 1.50. The summed E-state index contributed by atoms with van der Waals surface area (Å²) >= 11 is 1.90. The summed E-state index contributed by atoms with van der Waals surface area (Å²) in [5.74, 6) is 1.14. The zero-order valence-electron chi connectivity index (χ0n) is 12.4. The van der Waals surface area contributed by atoms with Crippen molar-refractivity contribution in [1.29, 1.82) is 0 Å². The molecule has 0 aliphatic rings. The average molecular weight is 281 g/mol. The maximum atomic E-state index is 8.71. The summed E-state index contributed by atoms with van der Waals surface area (Å²) < 4.78 is 0. The number of rotatable bonds is 8. The molecule has 0 bridgehead atoms. The van der Waals surface area contributed by atoms with Crippen LogP contribution in [0, 0.1) is 0 Å². The molecule has 108 valence electrons. The molecule has 1 aromatic carbocycles. The zero-order valence-corrected chi connectivity index (χ0v) is 13.2. The summed E-state index contributed by atoms with van der Waals surface area (Å²) in [6.45, 7) is 7.79. The van der Waals surface area contributed by atoms with Crippen LogP contribution >= 0.6 is 11.8 Å². The van der Waals surface area contributed by atoms with Gasteiger partial charge in [0, 0.05) is 23.6 Å². The van der Waals surface area contributed by atoms with Gasteiger partial charge in [0.15, 0.2) is 0 Å². The predicted octanol–water partition coefficient (Wildman–Crippen LogP) is 3.83. The van der Waals surface area contributed by atoms with Crippen molar-refractivity contribution in [3.8, 4) is 0 Å². The van der Waals surface area contributed by atoms with E-state index in [9.17, 15) is 0 Å². The second kappa shape index (κ2) is 8.62. The van der Waals surface area contributed by atoms with Gasteiger partial charge < -0.3 is 10.4 Å². The molecule has 0 amide bonds. The highest BCUT2D eigenvalue weighted by Gasteiger charge is 2.07. The van der Waals surface area contributed by atoms with Gasteiger partial charge in [0.05, 0.1) is 0 Å². The van der Waals surface area contributed by atoms with E-state index in [0.29, 0.717) is 6.61 Å². The third-order valence-electron chi connectivity index (χ3n) is 2.82. The van der Waals surface area contributed by atoms with Crippen LogP contribution in [0.2, 0.25) is 0 Å². The molecule has 2 N–H and O–H groups in total. The normalized spacial score (nSPS) is 11.8. The number of nitrogens with one attached hydrogen (secondary N) is 1. The number of hydrogen-bond donors (Lipinski definition) is 2. The molecule has 3 heteroatoms. The van der Waals surface area contributed by atoms with Crippen molar-refractivity contribution in [2.45, 2.75) is 57.0 Å². The van der Waals surface area contributed by atoms with Crippen molar-refractivity contribution >= 4 is 11.8 Å². The van der Waals surface area contributed by atoms with E-state index < -0.39 is 0 Å². The Morgan fingerprint density at radius 2 is 1.74 bits per heavy atom. The van der Waals surface area contributed by atoms with Gasteiger partial charge in [-0.2, -0.15) is 0 Å². The molecule has 0 saturated heterocycles. The van der Waals surface area contributed by atoms with Gasteiger partial charge in [-0.25, -0.2) is 0 Å². The molecule has 0 aliphatic heterocycles. The fourth-order valence-corrected chi connectivity index (χ4v) is 2.56. The smallest absolute Gasteiger partial charge is 0.0431 e. The molecule has 1 aromatic rings. The highest BCUT2D eigenvalue weighted by atomic mass is 32.2. The summed E-state index contributed by atoms with van der Waals surface area (Å²) in [6, 6.07) is 8.82. The first kappa shape index (κ1) is 16.5. The minimum Gasteiger partial charge on any atom is -0.396 e. The Kier molecular flexibility index (Phi) is 7.51. The van der Waals surface area contributed by atoms with Gasteiger partial charge in [-0.05, 0) is 57.1 Å². The van der Waals surface area contributed by atoms with Crippen molar-refractivity contribution in [3.05, 3.63) is 29.8 Å². The lowest BCUT2D eigenvalue weighted by molar-refractivity contribution is 0.284. The molecule has 0 aromatic heterocycles. The molecule has 0 saturated carbocycles. The fourth-order valence-electron chi connectivity index (χ4n) is 1.65. The molecule has 0 aliphatic carbocycles. The van der Waals surface area contributed by atoms with Crippen LogP contribution < -0.4 is 5.32 Å².